The van der Waals surface area contributed by atoms with Crippen LogP contribution in [-0.4, -0.2) is 9.97 Å². The van der Waals surface area contributed by atoms with Crippen molar-refractivity contribution in [2.45, 2.75) is 47.0 Å². The van der Waals surface area contributed by atoms with Crippen LogP contribution in [0.15, 0.2) is 21.4 Å². The van der Waals surface area contributed by atoms with E-state index in [0.717, 1.165) is 16.8 Å². The molecule has 4 heteroatoms. The normalized spacial score (nSPS) is 11.8. The zero-order valence-electron chi connectivity index (χ0n) is 13.4. The molecule has 0 bridgehead atoms. The van der Waals surface area contributed by atoms with Crippen molar-refractivity contribution in [3.05, 3.63) is 49.3 Å². The number of nitrogens with zero attached hydrogens (tertiary/aromatic N) is 1. The number of aromatic amines is 1. The van der Waals surface area contributed by atoms with Crippen LogP contribution in [0.25, 0.3) is 11.4 Å². The quantitative estimate of drug-likeness (QED) is 0.828. The lowest BCUT2D eigenvalue weighted by Crippen LogP contribution is -2.22. The van der Waals surface area contributed by atoms with Crippen LogP contribution in [0, 0.1) is 20.8 Å². The molecule has 1 aromatic carbocycles. The summed E-state index contributed by atoms with van der Waals surface area (Å²) in [5.74, 6) is 0.633. The molecule has 112 valence electrons. The summed E-state index contributed by atoms with van der Waals surface area (Å²) in [5.41, 5.74) is 4.97. The molecule has 1 N–H and O–H groups in total. The highest BCUT2D eigenvalue weighted by Crippen LogP contribution is 2.29. The van der Waals surface area contributed by atoms with Gasteiger partial charge >= 0.3 is 0 Å². The number of nitrogens with one attached hydrogen (secondary N) is 1. The highest BCUT2D eigenvalue weighted by Gasteiger charge is 2.22. The Balaban J connectivity index is 2.75. The van der Waals surface area contributed by atoms with Crippen LogP contribution >= 0.6 is 15.9 Å². The first-order valence-corrected chi connectivity index (χ1v) is 7.79. The predicted molar refractivity (Wildman–Crippen MR) is 90.9 cm³/mol. The number of H-pyrrole nitrogens is 1. The summed E-state index contributed by atoms with van der Waals surface area (Å²) >= 11 is 3.36. The highest BCUT2D eigenvalue weighted by molar-refractivity contribution is 9.10. The first-order valence-electron chi connectivity index (χ1n) is 7.00. The van der Waals surface area contributed by atoms with Crippen LogP contribution in [0.2, 0.25) is 0 Å². The molecule has 1 heterocycles. The third-order valence-electron chi connectivity index (χ3n) is 3.67. The summed E-state index contributed by atoms with van der Waals surface area (Å²) in [6, 6.07) is 4.22. The molecule has 0 amide bonds. The molecule has 0 atom stereocenters. The molecular weight excluding hydrogens is 328 g/mol. The van der Waals surface area contributed by atoms with Gasteiger partial charge in [0.1, 0.15) is 10.3 Å². The minimum atomic E-state index is -0.199. The Hall–Kier alpha value is -1.42. The van der Waals surface area contributed by atoms with Crippen LogP contribution in [0.4, 0.5) is 0 Å². The fraction of sp³-hybridized carbons (Fsp3) is 0.412. The molecule has 0 aliphatic carbocycles. The van der Waals surface area contributed by atoms with E-state index in [0.29, 0.717) is 10.3 Å². The summed E-state index contributed by atoms with van der Waals surface area (Å²) in [6.07, 6.45) is 0. The third-order valence-corrected chi connectivity index (χ3v) is 4.40. The van der Waals surface area contributed by atoms with Gasteiger partial charge in [0.2, 0.25) is 0 Å². The van der Waals surface area contributed by atoms with Crippen LogP contribution in [-0.2, 0) is 5.41 Å². The van der Waals surface area contributed by atoms with Crippen molar-refractivity contribution in [3.8, 4) is 11.4 Å². The Morgan fingerprint density at radius 1 is 1.05 bits per heavy atom. The minimum Gasteiger partial charge on any atom is -0.306 e. The van der Waals surface area contributed by atoms with Crippen molar-refractivity contribution < 1.29 is 0 Å². The number of halogens is 1. The lowest BCUT2D eigenvalue weighted by molar-refractivity contribution is 0.562. The third kappa shape index (κ3) is 3.10. The van der Waals surface area contributed by atoms with Gasteiger partial charge < -0.3 is 4.98 Å². The van der Waals surface area contributed by atoms with E-state index in [2.05, 4.69) is 67.7 Å². The SMILES string of the molecule is Cc1cc(C)c(-c2nc(C(C)(C)C)c(Br)c(=O)[nH]2)cc1C. The topological polar surface area (TPSA) is 45.8 Å². The van der Waals surface area contributed by atoms with Gasteiger partial charge in [-0.05, 0) is 59.5 Å². The highest BCUT2D eigenvalue weighted by atomic mass is 79.9. The van der Waals surface area contributed by atoms with Gasteiger partial charge in [-0.25, -0.2) is 4.98 Å². The van der Waals surface area contributed by atoms with Crippen molar-refractivity contribution >= 4 is 15.9 Å². The lowest BCUT2D eigenvalue weighted by Gasteiger charge is -2.20. The Morgan fingerprint density at radius 2 is 1.62 bits per heavy atom. The molecule has 2 rings (SSSR count). The first-order chi connectivity index (χ1) is 9.61. The molecule has 2 aromatic rings. The van der Waals surface area contributed by atoms with Gasteiger partial charge in [0, 0.05) is 11.0 Å². The Morgan fingerprint density at radius 3 is 2.19 bits per heavy atom. The number of benzene rings is 1. The minimum absolute atomic E-state index is 0.137. The van der Waals surface area contributed by atoms with Crippen LogP contribution in [0.5, 0.6) is 0 Å². The van der Waals surface area contributed by atoms with Crippen LogP contribution in [0.3, 0.4) is 0 Å². The fourth-order valence-electron chi connectivity index (χ4n) is 2.30. The summed E-state index contributed by atoms with van der Waals surface area (Å²) in [7, 11) is 0. The number of hydrogen-bond donors (Lipinski definition) is 1. The Labute approximate surface area is 134 Å². The van der Waals surface area contributed by atoms with E-state index in [1.165, 1.54) is 11.1 Å². The monoisotopic (exact) mass is 348 g/mol. The number of aromatic nitrogens is 2. The largest absolute Gasteiger partial charge is 0.306 e. The fourth-order valence-corrected chi connectivity index (χ4v) is 3.08. The smallest absolute Gasteiger partial charge is 0.265 e. The summed E-state index contributed by atoms with van der Waals surface area (Å²) in [6.45, 7) is 12.4. The molecule has 3 nitrogen and oxygen atoms in total. The average Bonchev–Trinajstić information content (AvgIpc) is 2.35. The van der Waals surface area contributed by atoms with E-state index in [1.54, 1.807) is 0 Å². The molecule has 0 spiro atoms. The van der Waals surface area contributed by atoms with Gasteiger partial charge in [-0.3, -0.25) is 4.79 Å². The Bertz CT molecular complexity index is 755. The summed E-state index contributed by atoms with van der Waals surface area (Å²) < 4.78 is 0.514. The molecule has 0 unspecified atom stereocenters. The second kappa shape index (κ2) is 5.41. The summed E-state index contributed by atoms with van der Waals surface area (Å²) in [4.78, 5) is 19.8. The number of rotatable bonds is 1. The van der Waals surface area contributed by atoms with E-state index in [4.69, 9.17) is 4.98 Å². The van der Waals surface area contributed by atoms with Gasteiger partial charge in [-0.1, -0.05) is 26.8 Å². The summed E-state index contributed by atoms with van der Waals surface area (Å²) in [5, 5.41) is 0. The van der Waals surface area contributed by atoms with Crippen molar-refractivity contribution in [1.82, 2.24) is 9.97 Å². The van der Waals surface area contributed by atoms with Crippen molar-refractivity contribution in [1.29, 1.82) is 0 Å². The number of aryl methyl sites for hydroxylation is 3. The van der Waals surface area contributed by atoms with E-state index < -0.39 is 0 Å². The maximum absolute atomic E-state index is 12.2. The predicted octanol–water partition coefficient (Wildman–Crippen LogP) is 4.42. The van der Waals surface area contributed by atoms with E-state index >= 15 is 0 Å². The molecule has 0 aliphatic rings. The second-order valence-corrected chi connectivity index (χ2v) is 7.37. The van der Waals surface area contributed by atoms with Crippen molar-refractivity contribution in [2.24, 2.45) is 0 Å². The van der Waals surface area contributed by atoms with Gasteiger partial charge in [0.15, 0.2) is 0 Å². The standard InChI is InChI=1S/C17H21BrN2O/c1-9-7-11(3)12(8-10(9)2)15-19-14(17(4,5)6)13(18)16(21)20-15/h7-8H,1-6H3,(H,19,20,21). The van der Waals surface area contributed by atoms with Gasteiger partial charge in [-0.2, -0.15) is 0 Å². The number of hydrogen-bond acceptors (Lipinski definition) is 2. The van der Waals surface area contributed by atoms with Crippen LogP contribution < -0.4 is 5.56 Å². The Kier molecular flexibility index (Phi) is 4.11. The van der Waals surface area contributed by atoms with Crippen molar-refractivity contribution in [2.75, 3.05) is 0 Å². The first kappa shape index (κ1) is 16.0. The maximum atomic E-state index is 12.2. The zero-order valence-corrected chi connectivity index (χ0v) is 15.0. The van der Waals surface area contributed by atoms with Gasteiger partial charge in [0.05, 0.1) is 5.69 Å². The molecule has 21 heavy (non-hydrogen) atoms. The van der Waals surface area contributed by atoms with Crippen molar-refractivity contribution in [3.63, 3.8) is 0 Å². The van der Waals surface area contributed by atoms with E-state index in [1.807, 2.05) is 6.92 Å². The molecule has 0 aliphatic heterocycles. The maximum Gasteiger partial charge on any atom is 0.265 e. The van der Waals surface area contributed by atoms with E-state index in [9.17, 15) is 4.79 Å². The molecule has 0 fully saturated rings. The molecular formula is C17H21BrN2O. The zero-order chi connectivity index (χ0) is 15.9. The molecule has 0 saturated heterocycles. The molecule has 1 aromatic heterocycles. The van der Waals surface area contributed by atoms with Gasteiger partial charge in [-0.15, -0.1) is 0 Å². The molecule has 0 saturated carbocycles. The molecule has 0 radical (unpaired) electrons. The lowest BCUT2D eigenvalue weighted by atomic mass is 9.91. The second-order valence-electron chi connectivity index (χ2n) is 6.58. The van der Waals surface area contributed by atoms with Crippen LogP contribution in [0.1, 0.15) is 43.2 Å². The average molecular weight is 349 g/mol. The van der Waals surface area contributed by atoms with E-state index in [-0.39, 0.29) is 11.0 Å². The van der Waals surface area contributed by atoms with Gasteiger partial charge in [0.25, 0.3) is 5.56 Å².